The maximum atomic E-state index is 9.83. The van der Waals surface area contributed by atoms with Gasteiger partial charge in [0.05, 0.1) is 18.1 Å². The van der Waals surface area contributed by atoms with Gasteiger partial charge in [-0.2, -0.15) is 9.97 Å². The third-order valence-electron chi connectivity index (χ3n) is 3.37. The smallest absolute Gasteiger partial charge is 0.223 e. The zero-order valence-electron chi connectivity index (χ0n) is 10.4. The molecule has 8 nitrogen and oxygen atoms in total. The number of nitrogen functional groups attached to an aromatic ring is 2. The van der Waals surface area contributed by atoms with Crippen LogP contribution in [0.3, 0.4) is 0 Å². The molecule has 0 aliphatic carbocycles. The lowest BCUT2D eigenvalue weighted by atomic mass is 10.2. The van der Waals surface area contributed by atoms with Crippen molar-refractivity contribution in [3.63, 3.8) is 0 Å². The molecule has 1 fully saturated rings. The first kappa shape index (κ1) is 13.8. The summed E-state index contributed by atoms with van der Waals surface area (Å²) in [6.45, 7) is -0.229. The van der Waals surface area contributed by atoms with Gasteiger partial charge in [0.2, 0.25) is 5.95 Å². The fraction of sp³-hybridized carbons (Fsp3) is 0.455. The Bertz CT molecular complexity index is 661. The summed E-state index contributed by atoms with van der Waals surface area (Å²) in [4.78, 5) is 8.14. The summed E-state index contributed by atoms with van der Waals surface area (Å²) < 4.78 is 8.27. The summed E-state index contributed by atoms with van der Waals surface area (Å²) in [6, 6.07) is 0. The summed E-state index contributed by atoms with van der Waals surface area (Å²) in [7, 11) is 0. The average Bonchev–Trinajstić information content (AvgIpc) is 2.90. The molecule has 108 valence electrons. The second-order valence-corrected chi connectivity index (χ2v) is 5.83. The van der Waals surface area contributed by atoms with E-state index < -0.39 is 18.4 Å². The largest absolute Gasteiger partial charge is 0.394 e. The molecule has 0 radical (unpaired) electrons. The quantitative estimate of drug-likeness (QED) is 0.523. The molecule has 3 rings (SSSR count). The number of aliphatic hydroxyl groups is 2. The van der Waals surface area contributed by atoms with Crippen LogP contribution in [0.1, 0.15) is 12.6 Å². The van der Waals surface area contributed by atoms with Crippen molar-refractivity contribution in [2.45, 2.75) is 24.9 Å². The lowest BCUT2D eigenvalue weighted by Crippen LogP contribution is -2.24. The Morgan fingerprint density at radius 2 is 2.20 bits per heavy atom. The molecule has 2 aromatic heterocycles. The number of aromatic nitrogens is 3. The normalized spacial score (nSPS) is 26.4. The fourth-order valence-corrected chi connectivity index (χ4v) is 3.23. The zero-order chi connectivity index (χ0) is 14.4. The summed E-state index contributed by atoms with van der Waals surface area (Å²) in [5.41, 5.74) is 12.1. The van der Waals surface area contributed by atoms with E-state index >= 15 is 0 Å². The lowest BCUT2D eigenvalue weighted by Gasteiger charge is -2.14. The van der Waals surface area contributed by atoms with Gasteiger partial charge in [0.1, 0.15) is 18.1 Å². The summed E-state index contributed by atoms with van der Waals surface area (Å²) in [5, 5.41) is 19.7. The minimum Gasteiger partial charge on any atom is -0.394 e. The number of fused-ring (bicyclic) bond motifs is 1. The van der Waals surface area contributed by atoms with Crippen LogP contribution in [-0.2, 0) is 4.74 Å². The minimum absolute atomic E-state index is 0.0861. The van der Waals surface area contributed by atoms with Gasteiger partial charge in [-0.3, -0.25) is 0 Å². The molecule has 20 heavy (non-hydrogen) atoms. The van der Waals surface area contributed by atoms with E-state index in [0.29, 0.717) is 23.3 Å². The second-order valence-electron chi connectivity index (χ2n) is 4.66. The lowest BCUT2D eigenvalue weighted by molar-refractivity contribution is -0.0430. The third kappa shape index (κ3) is 2.10. The number of ether oxygens (including phenoxy) is 1. The van der Waals surface area contributed by atoms with Crippen molar-refractivity contribution in [1.29, 1.82) is 0 Å². The third-order valence-corrected chi connectivity index (χ3v) is 4.18. The van der Waals surface area contributed by atoms with Gasteiger partial charge in [0.25, 0.3) is 0 Å². The van der Waals surface area contributed by atoms with E-state index in [2.05, 4.69) is 32.6 Å². The number of nitrogens with two attached hydrogens (primary N) is 2. The Hall–Kier alpha value is -1.17. The van der Waals surface area contributed by atoms with Crippen molar-refractivity contribution >= 4 is 45.4 Å². The van der Waals surface area contributed by atoms with Crippen molar-refractivity contribution in [2.24, 2.45) is 0 Å². The van der Waals surface area contributed by atoms with Crippen LogP contribution in [0.25, 0.3) is 11.0 Å². The number of aliphatic hydroxyl groups excluding tert-OH is 2. The molecular formula is C11H14IN5O3. The number of hydrogen-bond donors (Lipinski definition) is 4. The fourth-order valence-electron chi connectivity index (χ4n) is 2.42. The van der Waals surface area contributed by atoms with Crippen LogP contribution in [0.5, 0.6) is 0 Å². The number of anilines is 2. The van der Waals surface area contributed by atoms with Gasteiger partial charge >= 0.3 is 0 Å². The van der Waals surface area contributed by atoms with Crippen LogP contribution in [0, 0.1) is 3.57 Å². The summed E-state index contributed by atoms with van der Waals surface area (Å²) >= 11 is 2.13. The number of hydrogen-bond acceptors (Lipinski definition) is 7. The van der Waals surface area contributed by atoms with Gasteiger partial charge in [-0.15, -0.1) is 0 Å². The van der Waals surface area contributed by atoms with Gasteiger partial charge in [0.15, 0.2) is 5.65 Å². The van der Waals surface area contributed by atoms with Gasteiger partial charge in [0, 0.05) is 16.2 Å². The summed E-state index contributed by atoms with van der Waals surface area (Å²) in [6.07, 6.45) is 0.479. The maximum absolute atomic E-state index is 9.83. The van der Waals surface area contributed by atoms with E-state index in [4.69, 9.17) is 21.3 Å². The molecule has 1 saturated heterocycles. The van der Waals surface area contributed by atoms with Crippen LogP contribution in [0.15, 0.2) is 6.20 Å². The van der Waals surface area contributed by atoms with Gasteiger partial charge < -0.3 is 31.0 Å². The molecule has 0 bridgehead atoms. The van der Waals surface area contributed by atoms with Crippen LogP contribution in [-0.4, -0.2) is 43.6 Å². The Kier molecular flexibility index (Phi) is 3.44. The van der Waals surface area contributed by atoms with E-state index in [1.807, 2.05) is 6.20 Å². The van der Waals surface area contributed by atoms with Crippen molar-refractivity contribution in [2.75, 3.05) is 18.1 Å². The monoisotopic (exact) mass is 391 g/mol. The predicted octanol–water partition coefficient (Wildman–Crippen LogP) is -0.159. The van der Waals surface area contributed by atoms with Gasteiger partial charge in [-0.05, 0) is 22.6 Å². The zero-order valence-corrected chi connectivity index (χ0v) is 12.6. The molecule has 2 aromatic rings. The van der Waals surface area contributed by atoms with E-state index in [0.717, 1.165) is 3.57 Å². The van der Waals surface area contributed by atoms with E-state index in [-0.39, 0.29) is 12.6 Å². The van der Waals surface area contributed by atoms with Gasteiger partial charge in [-0.25, -0.2) is 0 Å². The Labute approximate surface area is 127 Å². The average molecular weight is 391 g/mol. The van der Waals surface area contributed by atoms with Crippen molar-refractivity contribution in [3.8, 4) is 0 Å². The predicted molar refractivity (Wildman–Crippen MR) is 80.7 cm³/mol. The molecular weight excluding hydrogens is 377 g/mol. The molecule has 1 aliphatic rings. The molecule has 1 aliphatic heterocycles. The maximum Gasteiger partial charge on any atom is 0.223 e. The number of halogens is 1. The molecule has 0 unspecified atom stereocenters. The summed E-state index contributed by atoms with van der Waals surface area (Å²) in [5.74, 6) is 0.399. The minimum atomic E-state index is -0.711. The van der Waals surface area contributed by atoms with Crippen molar-refractivity contribution < 1.29 is 14.9 Å². The molecule has 0 amide bonds. The highest BCUT2D eigenvalue weighted by Crippen LogP contribution is 2.34. The van der Waals surface area contributed by atoms with E-state index in [1.165, 1.54) is 0 Å². The Morgan fingerprint density at radius 1 is 1.45 bits per heavy atom. The highest BCUT2D eigenvalue weighted by Gasteiger charge is 2.35. The first-order valence-corrected chi connectivity index (χ1v) is 7.12. The van der Waals surface area contributed by atoms with Crippen LogP contribution >= 0.6 is 22.6 Å². The van der Waals surface area contributed by atoms with Crippen LogP contribution < -0.4 is 11.5 Å². The topological polar surface area (TPSA) is 132 Å². The molecule has 0 spiro atoms. The van der Waals surface area contributed by atoms with E-state index in [9.17, 15) is 5.11 Å². The molecule has 6 N–H and O–H groups in total. The number of rotatable bonds is 2. The van der Waals surface area contributed by atoms with Crippen LogP contribution in [0.4, 0.5) is 11.8 Å². The number of nitrogens with zero attached hydrogens (tertiary/aromatic N) is 3. The molecule has 3 heterocycles. The SMILES string of the molecule is Nc1nc(N)c2c(I)cn([C@@H]3C[C@H](O)[C@@H](CO)O3)c2n1. The highest BCUT2D eigenvalue weighted by atomic mass is 127. The molecule has 0 aromatic carbocycles. The van der Waals surface area contributed by atoms with E-state index in [1.54, 1.807) is 4.57 Å². The highest BCUT2D eigenvalue weighted by molar-refractivity contribution is 14.1. The Balaban J connectivity index is 2.09. The molecule has 0 saturated carbocycles. The van der Waals surface area contributed by atoms with Crippen LogP contribution in [0.2, 0.25) is 0 Å². The standard InChI is InChI=1S/C11H14IN5O3/c12-4-2-17(7-1-5(19)6(3-18)20-7)10-8(4)9(13)15-11(14)16-10/h2,5-7,18-19H,1,3H2,(H4,13,14,15,16)/t5-,6+,7-/m0/s1. The molecule has 3 atom stereocenters. The van der Waals surface area contributed by atoms with Gasteiger partial charge in [-0.1, -0.05) is 0 Å². The first-order valence-electron chi connectivity index (χ1n) is 6.04. The second kappa shape index (κ2) is 4.98. The molecule has 9 heteroatoms. The first-order chi connectivity index (χ1) is 9.51. The Morgan fingerprint density at radius 3 is 2.85 bits per heavy atom. The van der Waals surface area contributed by atoms with Crippen molar-refractivity contribution in [3.05, 3.63) is 9.77 Å². The van der Waals surface area contributed by atoms with Crippen molar-refractivity contribution in [1.82, 2.24) is 14.5 Å².